The van der Waals surface area contributed by atoms with Gasteiger partial charge in [0.1, 0.15) is 0 Å². The van der Waals surface area contributed by atoms with Gasteiger partial charge in [-0.25, -0.2) is 0 Å². The monoisotopic (exact) mass is 386 g/mol. The molecule has 0 bridgehead atoms. The first-order valence-corrected chi connectivity index (χ1v) is 24.1. The maximum atomic E-state index is 2.80. The largest absolute Gasteiger partial charge is 0.0740 e. The maximum Gasteiger partial charge on any atom is 0.0696 e. The van der Waals surface area contributed by atoms with E-state index in [2.05, 4.69) is 113 Å². The lowest BCUT2D eigenvalue weighted by Crippen LogP contribution is -2.88. The van der Waals surface area contributed by atoms with E-state index in [1.165, 1.54) is 0 Å². The van der Waals surface area contributed by atoms with Gasteiger partial charge < -0.3 is 0 Å². The molecule has 2 aromatic carbocycles. The summed E-state index contributed by atoms with van der Waals surface area (Å²) in [6.45, 7) is 20.1. The van der Waals surface area contributed by atoms with Gasteiger partial charge in [0.15, 0.2) is 0 Å². The van der Waals surface area contributed by atoms with Crippen molar-refractivity contribution in [2.75, 3.05) is 0 Å². The van der Waals surface area contributed by atoms with Gasteiger partial charge >= 0.3 is 0 Å². The van der Waals surface area contributed by atoms with Crippen LogP contribution < -0.4 is 10.4 Å². The minimum atomic E-state index is -1.52. The Kier molecular flexibility index (Phi) is 5.36. The van der Waals surface area contributed by atoms with Crippen molar-refractivity contribution in [2.45, 2.75) is 52.4 Å². The molecule has 0 saturated carbocycles. The van der Waals surface area contributed by atoms with E-state index in [1.54, 1.807) is 10.4 Å². The Labute approximate surface area is 152 Å². The zero-order chi connectivity index (χ0) is 18.2. The van der Waals surface area contributed by atoms with Crippen molar-refractivity contribution < 1.29 is 0 Å². The Bertz CT molecular complexity index is 618. The van der Waals surface area contributed by atoms with Crippen molar-refractivity contribution >= 4 is 39.8 Å². The van der Waals surface area contributed by atoms with Crippen LogP contribution in [0.15, 0.2) is 60.7 Å². The molecule has 0 aliphatic carbocycles. The van der Waals surface area contributed by atoms with Crippen molar-refractivity contribution in [1.82, 2.24) is 0 Å². The van der Waals surface area contributed by atoms with Crippen LogP contribution in [0.2, 0.25) is 52.4 Å². The molecule has 0 spiro atoms. The molecule has 0 atom stereocenters. The summed E-state index contributed by atoms with van der Waals surface area (Å²) < 4.78 is 0. The molecule has 4 heteroatoms. The number of rotatable bonds is 5. The number of benzene rings is 2. The lowest BCUT2D eigenvalue weighted by atomic mass is 10.4. The Morgan fingerprint density at radius 3 is 1.00 bits per heavy atom. The molecule has 24 heavy (non-hydrogen) atoms. The van der Waals surface area contributed by atoms with Crippen LogP contribution in [-0.2, 0) is 0 Å². The molecule has 0 nitrogen and oxygen atoms in total. The van der Waals surface area contributed by atoms with E-state index in [9.17, 15) is 0 Å². The van der Waals surface area contributed by atoms with Crippen LogP contribution in [0.5, 0.6) is 0 Å². The lowest BCUT2D eigenvalue weighted by molar-refractivity contribution is 1.69. The predicted octanol–water partition coefficient (Wildman–Crippen LogP) is 4.87. The number of hydrogen-bond acceptors (Lipinski definition) is 0. The first kappa shape index (κ1) is 19.6. The van der Waals surface area contributed by atoms with Gasteiger partial charge in [-0.3, -0.25) is 0 Å². The summed E-state index contributed by atoms with van der Waals surface area (Å²) in [6.07, 6.45) is 0. The van der Waals surface area contributed by atoms with Crippen LogP contribution in [0.25, 0.3) is 0 Å². The van der Waals surface area contributed by atoms with Gasteiger partial charge in [-0.15, -0.1) is 0 Å². The van der Waals surface area contributed by atoms with Crippen LogP contribution >= 0.6 is 0 Å². The van der Waals surface area contributed by atoms with Crippen LogP contribution in [0.1, 0.15) is 0 Å². The summed E-state index contributed by atoms with van der Waals surface area (Å²) in [7, 11) is -4.33. The highest BCUT2D eigenvalue weighted by Gasteiger charge is 2.62. The third kappa shape index (κ3) is 2.98. The molecule has 0 aromatic heterocycles. The molecule has 0 amide bonds. The zero-order valence-electron chi connectivity index (χ0n) is 16.8. The van der Waals surface area contributed by atoms with Crippen molar-refractivity contribution in [3.8, 4) is 0 Å². The molecule has 0 unspecified atom stereocenters. The molecule has 2 aromatic rings. The van der Waals surface area contributed by atoms with Gasteiger partial charge in [-0.05, 0) is 0 Å². The van der Waals surface area contributed by atoms with E-state index in [1.807, 2.05) is 0 Å². The van der Waals surface area contributed by atoms with Crippen LogP contribution in [0, 0.1) is 0 Å². The molecule has 0 aliphatic heterocycles. The second-order valence-electron chi connectivity index (χ2n) is 9.36. The zero-order valence-corrected chi connectivity index (χ0v) is 20.8. The minimum absolute atomic E-state index is 1.28. The normalized spacial score (nSPS) is 13.8. The molecular formula is C20H34Si4. The van der Waals surface area contributed by atoms with E-state index in [0.29, 0.717) is 0 Å². The van der Waals surface area contributed by atoms with E-state index in [0.717, 1.165) is 0 Å². The second-order valence-corrected chi connectivity index (χ2v) is 49.3. The summed E-state index contributed by atoms with van der Waals surface area (Å²) in [4.78, 5) is 0. The maximum absolute atomic E-state index is 2.80. The van der Waals surface area contributed by atoms with Crippen molar-refractivity contribution in [3.63, 3.8) is 0 Å². The molecular weight excluding hydrogens is 353 g/mol. The summed E-state index contributed by atoms with van der Waals surface area (Å²) in [5.74, 6) is 0. The van der Waals surface area contributed by atoms with E-state index in [4.69, 9.17) is 0 Å². The number of hydrogen-bond donors (Lipinski definition) is 0. The van der Waals surface area contributed by atoms with Gasteiger partial charge in [0.05, 0.1) is 15.2 Å². The Balaban J connectivity index is 2.73. The Hall–Kier alpha value is -0.692. The van der Waals surface area contributed by atoms with E-state index in [-0.39, 0.29) is 0 Å². The van der Waals surface area contributed by atoms with Crippen molar-refractivity contribution in [1.29, 1.82) is 0 Å². The summed E-state index contributed by atoms with van der Waals surface area (Å²) >= 11 is 0. The molecule has 2 rings (SSSR count). The molecule has 130 valence electrons. The van der Waals surface area contributed by atoms with Crippen molar-refractivity contribution in [3.05, 3.63) is 60.7 Å². The fourth-order valence-electron chi connectivity index (χ4n) is 4.94. The molecule has 0 N–H and O–H groups in total. The van der Waals surface area contributed by atoms with Gasteiger partial charge in [-0.2, -0.15) is 0 Å². The smallest absolute Gasteiger partial charge is 0.0696 e. The highest BCUT2D eigenvalue weighted by Crippen LogP contribution is 2.36. The summed E-state index contributed by atoms with van der Waals surface area (Å²) in [5.41, 5.74) is 0. The van der Waals surface area contributed by atoms with Crippen LogP contribution in [0.3, 0.4) is 0 Å². The average Bonchev–Trinajstić information content (AvgIpc) is 2.54. The minimum Gasteiger partial charge on any atom is -0.0740 e. The van der Waals surface area contributed by atoms with Gasteiger partial charge in [0, 0.05) is 14.2 Å². The van der Waals surface area contributed by atoms with Crippen molar-refractivity contribution in [2.24, 2.45) is 0 Å². The van der Waals surface area contributed by atoms with Gasteiger partial charge in [0.25, 0.3) is 0 Å². The lowest BCUT2D eigenvalue weighted by Gasteiger charge is -2.57. The van der Waals surface area contributed by atoms with Crippen LogP contribution in [0.4, 0.5) is 0 Å². The summed E-state index contributed by atoms with van der Waals surface area (Å²) in [6, 6.07) is 23.0. The van der Waals surface area contributed by atoms with E-state index >= 15 is 0 Å². The highest BCUT2D eigenvalue weighted by molar-refractivity contribution is 7.92. The molecule has 0 aliphatic rings. The predicted molar refractivity (Wildman–Crippen MR) is 122 cm³/mol. The Morgan fingerprint density at radius 1 is 0.458 bits per heavy atom. The molecule has 0 radical (unpaired) electrons. The van der Waals surface area contributed by atoms with Crippen LogP contribution in [-0.4, -0.2) is 29.4 Å². The molecule has 0 fully saturated rings. The Morgan fingerprint density at radius 2 is 0.750 bits per heavy atom. The fourth-order valence-corrected chi connectivity index (χ4v) is 86.9. The first-order chi connectivity index (χ1) is 11.0. The molecule has 0 heterocycles. The third-order valence-electron chi connectivity index (χ3n) is 6.99. The average molecular weight is 387 g/mol. The molecule has 0 saturated heterocycles. The van der Waals surface area contributed by atoms with E-state index < -0.39 is 29.4 Å². The fraction of sp³-hybridized carbons (Fsp3) is 0.400. The van der Waals surface area contributed by atoms with Gasteiger partial charge in [-0.1, -0.05) is 123 Å². The van der Waals surface area contributed by atoms with Gasteiger partial charge in [0.2, 0.25) is 0 Å². The SMILES string of the molecule is C[Si](C)(C)[Si](C)([Si](C)(C)c1ccccc1)[Si](C)(C)c1ccccc1. The topological polar surface area (TPSA) is 0 Å². The summed E-state index contributed by atoms with van der Waals surface area (Å²) in [5, 5.41) is 3.36. The second kappa shape index (κ2) is 6.55. The third-order valence-corrected chi connectivity index (χ3v) is 80.3. The standard InChI is InChI=1S/C20H34Si4/c1-21(2,3)24(8,22(4,5)19-15-11-9-12-16-19)23(6,7)20-17-13-10-14-18-20/h9-18H,1-8H3. The first-order valence-electron chi connectivity index (χ1n) is 9.07. The quantitative estimate of drug-likeness (QED) is 0.643. The highest BCUT2D eigenvalue weighted by atomic mass is 29.9.